The zero-order valence-electron chi connectivity index (χ0n) is 19.7. The molecule has 0 saturated heterocycles. The number of hydrazone groups is 1. The Balaban J connectivity index is 1.65. The second kappa shape index (κ2) is 10.9. The summed E-state index contributed by atoms with van der Waals surface area (Å²) in [4.78, 5) is 23.4. The third-order valence-electron chi connectivity index (χ3n) is 5.21. The molecule has 35 heavy (non-hydrogen) atoms. The zero-order valence-corrected chi connectivity index (χ0v) is 21.3. The van der Waals surface area contributed by atoms with E-state index in [0.29, 0.717) is 10.7 Å². The molecule has 0 fully saturated rings. The maximum absolute atomic E-state index is 12.8. The van der Waals surface area contributed by atoms with Gasteiger partial charge in [0.25, 0.3) is 5.91 Å². The first-order valence-electron chi connectivity index (χ1n) is 10.6. The first-order valence-corrected chi connectivity index (χ1v) is 12.4. The van der Waals surface area contributed by atoms with Gasteiger partial charge in [0, 0.05) is 36.6 Å². The highest BCUT2D eigenvalue weighted by Crippen LogP contribution is 2.25. The summed E-state index contributed by atoms with van der Waals surface area (Å²) in [6.45, 7) is 4.79. The Hall–Kier alpha value is -3.47. The Kier molecular flexibility index (Phi) is 8.11. The predicted octanol–water partition coefficient (Wildman–Crippen LogP) is 3.48. The molecule has 2 amide bonds. The number of carbonyl (C=O) groups excluding carboxylic acids is 2. The van der Waals surface area contributed by atoms with Gasteiger partial charge in [0.05, 0.1) is 28.4 Å². The maximum atomic E-state index is 12.8. The first-order chi connectivity index (χ1) is 16.5. The van der Waals surface area contributed by atoms with Gasteiger partial charge in [-0.2, -0.15) is 9.41 Å². The molecule has 0 bridgehead atoms. The number of likely N-dealkylation sites (N-methyl/N-ethyl adjacent to an activating group) is 1. The van der Waals surface area contributed by atoms with E-state index in [4.69, 9.17) is 11.6 Å². The van der Waals surface area contributed by atoms with Crippen molar-refractivity contribution in [1.82, 2.24) is 14.3 Å². The summed E-state index contributed by atoms with van der Waals surface area (Å²) in [6, 6.07) is 15.1. The lowest BCUT2D eigenvalue weighted by atomic mass is 10.2. The van der Waals surface area contributed by atoms with Gasteiger partial charge in [0.1, 0.15) is 0 Å². The number of sulfonamides is 1. The number of nitrogens with zero attached hydrogens (tertiary/aromatic N) is 3. The summed E-state index contributed by atoms with van der Waals surface area (Å²) in [5.41, 5.74) is 6.28. The van der Waals surface area contributed by atoms with E-state index in [1.807, 2.05) is 48.7 Å². The smallest absolute Gasteiger partial charge is 0.255 e. The topological polar surface area (TPSA) is 113 Å². The molecule has 0 spiro atoms. The van der Waals surface area contributed by atoms with Crippen LogP contribution in [0, 0.1) is 13.8 Å². The van der Waals surface area contributed by atoms with Crippen LogP contribution in [0.4, 0.5) is 5.69 Å². The zero-order chi connectivity index (χ0) is 25.8. The van der Waals surface area contributed by atoms with Crippen molar-refractivity contribution in [2.75, 3.05) is 18.9 Å². The Bertz CT molecular complexity index is 1380. The van der Waals surface area contributed by atoms with Crippen LogP contribution >= 0.6 is 11.6 Å². The lowest BCUT2D eigenvalue weighted by Gasteiger charge is -2.16. The van der Waals surface area contributed by atoms with Crippen LogP contribution in [0.1, 0.15) is 23.9 Å². The van der Waals surface area contributed by atoms with Crippen LogP contribution in [0.25, 0.3) is 5.69 Å². The molecule has 0 aliphatic rings. The van der Waals surface area contributed by atoms with Crippen LogP contribution in [-0.2, 0) is 19.6 Å². The van der Waals surface area contributed by atoms with Crippen molar-refractivity contribution in [3.05, 3.63) is 76.6 Å². The van der Waals surface area contributed by atoms with Gasteiger partial charge in [0.15, 0.2) is 0 Å². The second-order valence-electron chi connectivity index (χ2n) is 7.87. The van der Waals surface area contributed by atoms with Gasteiger partial charge in [-0.3, -0.25) is 9.59 Å². The van der Waals surface area contributed by atoms with Crippen LogP contribution in [0.2, 0.25) is 5.02 Å². The van der Waals surface area contributed by atoms with Gasteiger partial charge >= 0.3 is 0 Å². The third-order valence-corrected chi connectivity index (χ3v) is 7.34. The van der Waals surface area contributed by atoms with Crippen LogP contribution in [0.5, 0.6) is 0 Å². The normalized spacial score (nSPS) is 11.7. The minimum absolute atomic E-state index is 0.00239. The minimum Gasteiger partial charge on any atom is -0.326 e. The average Bonchev–Trinajstić information content (AvgIpc) is 3.07. The molecule has 9 nitrogen and oxygen atoms in total. The highest BCUT2D eigenvalue weighted by Gasteiger charge is 2.23. The summed E-state index contributed by atoms with van der Waals surface area (Å²) < 4.78 is 28.4. The first kappa shape index (κ1) is 26.1. The summed E-state index contributed by atoms with van der Waals surface area (Å²) in [5, 5.41) is 7.17. The standard InChI is InChI=1S/C24H26ClN5O4S/c1-16-13-19(17(2)30(16)23-8-6-5-7-22(23)25)14-26-28-24(32)15-29(4)35(33,34)21-11-9-20(10-12-21)27-18(3)31/h5-14H,15H2,1-4H3,(H,27,31)(H,28,32)/b26-14-. The second-order valence-corrected chi connectivity index (χ2v) is 10.3. The molecular formula is C24H26ClN5O4S. The van der Waals surface area contributed by atoms with Gasteiger partial charge < -0.3 is 9.88 Å². The fraction of sp³-hybridized carbons (Fsp3) is 0.208. The number of benzene rings is 2. The Morgan fingerprint density at radius 3 is 2.40 bits per heavy atom. The molecule has 1 heterocycles. The van der Waals surface area contributed by atoms with Crippen LogP contribution in [0.15, 0.2) is 64.6 Å². The number of hydrogen-bond donors (Lipinski definition) is 2. The molecule has 11 heteroatoms. The van der Waals surface area contributed by atoms with Gasteiger partial charge in [-0.15, -0.1) is 0 Å². The monoisotopic (exact) mass is 515 g/mol. The molecule has 0 unspecified atom stereocenters. The van der Waals surface area contributed by atoms with Crippen molar-refractivity contribution in [1.29, 1.82) is 0 Å². The predicted molar refractivity (Wildman–Crippen MR) is 137 cm³/mol. The highest BCUT2D eigenvalue weighted by molar-refractivity contribution is 7.89. The number of aromatic nitrogens is 1. The van der Waals surface area contributed by atoms with E-state index in [9.17, 15) is 18.0 Å². The number of halogens is 1. The van der Waals surface area contributed by atoms with E-state index in [1.165, 1.54) is 44.5 Å². The van der Waals surface area contributed by atoms with E-state index in [0.717, 1.165) is 26.9 Å². The minimum atomic E-state index is -3.91. The molecule has 0 aliphatic carbocycles. The van der Waals surface area contributed by atoms with Crippen LogP contribution in [0.3, 0.4) is 0 Å². The number of carbonyl (C=O) groups is 2. The van der Waals surface area contributed by atoms with Gasteiger partial charge in [-0.05, 0) is 56.3 Å². The van der Waals surface area contributed by atoms with Crippen molar-refractivity contribution in [2.45, 2.75) is 25.7 Å². The molecule has 1 aromatic heterocycles. The summed E-state index contributed by atoms with van der Waals surface area (Å²) in [6.07, 6.45) is 1.50. The molecule has 0 saturated carbocycles. The van der Waals surface area contributed by atoms with Crippen molar-refractivity contribution in [3.63, 3.8) is 0 Å². The van der Waals surface area contributed by atoms with E-state index in [-0.39, 0.29) is 10.8 Å². The van der Waals surface area contributed by atoms with E-state index in [1.54, 1.807) is 0 Å². The van der Waals surface area contributed by atoms with E-state index < -0.39 is 22.5 Å². The summed E-state index contributed by atoms with van der Waals surface area (Å²) in [7, 11) is -2.60. The molecular weight excluding hydrogens is 490 g/mol. The largest absolute Gasteiger partial charge is 0.326 e. The van der Waals surface area contributed by atoms with Crippen LogP contribution in [-0.4, -0.2) is 48.9 Å². The van der Waals surface area contributed by atoms with Crippen LogP contribution < -0.4 is 10.7 Å². The number of para-hydroxylation sites is 1. The molecule has 0 radical (unpaired) electrons. The number of rotatable bonds is 8. The van der Waals surface area contributed by atoms with Gasteiger partial charge in [-0.1, -0.05) is 23.7 Å². The molecule has 2 N–H and O–H groups in total. The number of nitrogens with one attached hydrogen (secondary N) is 2. The fourth-order valence-corrected chi connectivity index (χ4v) is 4.86. The van der Waals surface area contributed by atoms with E-state index >= 15 is 0 Å². The SMILES string of the molecule is CC(=O)Nc1ccc(S(=O)(=O)N(C)CC(=O)N/N=C\c2cc(C)n(-c3ccccc3Cl)c2C)cc1. The number of amides is 2. The lowest BCUT2D eigenvalue weighted by Crippen LogP contribution is -2.36. The van der Waals surface area contributed by atoms with Crippen molar-refractivity contribution in [3.8, 4) is 5.69 Å². The molecule has 0 atom stereocenters. The molecule has 2 aromatic carbocycles. The van der Waals surface area contributed by atoms with Crippen molar-refractivity contribution < 1.29 is 18.0 Å². The lowest BCUT2D eigenvalue weighted by molar-refractivity contribution is -0.121. The third kappa shape index (κ3) is 6.16. The van der Waals surface area contributed by atoms with E-state index in [2.05, 4.69) is 15.8 Å². The molecule has 3 aromatic rings. The quantitative estimate of drug-likeness (QED) is 0.353. The Morgan fingerprint density at radius 2 is 1.77 bits per heavy atom. The number of hydrogen-bond acceptors (Lipinski definition) is 5. The fourth-order valence-electron chi connectivity index (χ4n) is 3.51. The Morgan fingerprint density at radius 1 is 1.11 bits per heavy atom. The molecule has 3 rings (SSSR count). The molecule has 184 valence electrons. The molecule has 0 aliphatic heterocycles. The van der Waals surface area contributed by atoms with Gasteiger partial charge in [0.2, 0.25) is 15.9 Å². The van der Waals surface area contributed by atoms with Gasteiger partial charge in [-0.25, -0.2) is 13.8 Å². The summed E-state index contributed by atoms with van der Waals surface area (Å²) >= 11 is 6.33. The van der Waals surface area contributed by atoms with Crippen molar-refractivity contribution in [2.24, 2.45) is 5.10 Å². The maximum Gasteiger partial charge on any atom is 0.255 e. The highest BCUT2D eigenvalue weighted by atomic mass is 35.5. The van der Waals surface area contributed by atoms with Crippen molar-refractivity contribution >= 4 is 45.3 Å². The number of aryl methyl sites for hydroxylation is 1. The average molecular weight is 516 g/mol. The number of anilines is 1. The Labute approximate surface area is 209 Å². The summed E-state index contributed by atoms with van der Waals surface area (Å²) in [5.74, 6) is -0.858.